The third-order valence-corrected chi connectivity index (χ3v) is 2.32. The molecule has 1 heterocycles. The monoisotopic (exact) mass is 196 g/mol. The molecule has 2 rings (SSSR count). The average molecular weight is 196 g/mol. The molecule has 0 saturated heterocycles. The van der Waals surface area contributed by atoms with E-state index in [0.717, 1.165) is 0 Å². The summed E-state index contributed by atoms with van der Waals surface area (Å²) in [5.41, 5.74) is 0.434. The first-order valence-electron chi connectivity index (χ1n) is 4.34. The van der Waals surface area contributed by atoms with E-state index in [1.54, 1.807) is 6.07 Å². The van der Waals surface area contributed by atoms with Crippen LogP contribution in [0.3, 0.4) is 0 Å². The van der Waals surface area contributed by atoms with E-state index in [4.69, 9.17) is 9.84 Å². The summed E-state index contributed by atoms with van der Waals surface area (Å²) in [6.07, 6.45) is 0.395. The Labute approximate surface area is 80.1 Å². The van der Waals surface area contributed by atoms with Gasteiger partial charge in [-0.15, -0.1) is 0 Å². The third-order valence-electron chi connectivity index (χ3n) is 2.32. The predicted molar refractivity (Wildman–Crippen MR) is 46.9 cm³/mol. The van der Waals surface area contributed by atoms with Gasteiger partial charge in [-0.1, -0.05) is 12.1 Å². The normalized spacial score (nSPS) is 19.6. The molecule has 74 valence electrons. The molecule has 0 amide bonds. The van der Waals surface area contributed by atoms with Crippen molar-refractivity contribution in [3.8, 4) is 5.75 Å². The number of carboxylic acids is 1. The lowest BCUT2D eigenvalue weighted by atomic mass is 9.93. The maximum Gasteiger partial charge on any atom is 0.311 e. The fourth-order valence-electron chi connectivity index (χ4n) is 1.64. The number of ether oxygens (including phenoxy) is 1. The van der Waals surface area contributed by atoms with Crippen LogP contribution in [-0.4, -0.2) is 17.7 Å². The van der Waals surface area contributed by atoms with Crippen molar-refractivity contribution in [2.75, 3.05) is 6.61 Å². The number of para-hydroxylation sites is 1. The molecule has 1 aliphatic heterocycles. The van der Waals surface area contributed by atoms with Crippen LogP contribution in [0.5, 0.6) is 5.75 Å². The molecule has 0 aliphatic carbocycles. The predicted octanol–water partition coefficient (Wildman–Crippen LogP) is 1.78. The topological polar surface area (TPSA) is 46.5 Å². The number of carbonyl (C=O) groups is 1. The highest BCUT2D eigenvalue weighted by Crippen LogP contribution is 2.35. The van der Waals surface area contributed by atoms with Gasteiger partial charge >= 0.3 is 5.97 Å². The number of halogens is 1. The average Bonchev–Trinajstić information content (AvgIpc) is 2.17. The molecule has 0 saturated carbocycles. The van der Waals surface area contributed by atoms with Crippen molar-refractivity contribution in [3.05, 3.63) is 29.6 Å². The zero-order chi connectivity index (χ0) is 10.1. The molecule has 0 fully saturated rings. The lowest BCUT2D eigenvalue weighted by Crippen LogP contribution is -2.21. The number of fused-ring (bicyclic) bond motifs is 1. The first-order valence-corrected chi connectivity index (χ1v) is 4.34. The molecule has 0 unspecified atom stereocenters. The lowest BCUT2D eigenvalue weighted by molar-refractivity contribution is -0.139. The van der Waals surface area contributed by atoms with Gasteiger partial charge in [-0.05, 0) is 12.5 Å². The molecule has 0 bridgehead atoms. The number of aliphatic carboxylic acids is 1. The van der Waals surface area contributed by atoms with Crippen LogP contribution in [-0.2, 0) is 4.79 Å². The second kappa shape index (κ2) is 3.29. The number of hydrogen-bond acceptors (Lipinski definition) is 2. The largest absolute Gasteiger partial charge is 0.490 e. The van der Waals surface area contributed by atoms with E-state index in [0.29, 0.717) is 12.0 Å². The zero-order valence-electron chi connectivity index (χ0n) is 7.37. The Morgan fingerprint density at radius 1 is 1.57 bits per heavy atom. The first kappa shape index (κ1) is 8.99. The van der Waals surface area contributed by atoms with E-state index in [9.17, 15) is 9.18 Å². The van der Waals surface area contributed by atoms with Gasteiger partial charge in [0.2, 0.25) is 0 Å². The highest BCUT2D eigenvalue weighted by Gasteiger charge is 2.28. The smallest absolute Gasteiger partial charge is 0.311 e. The molecule has 1 aromatic carbocycles. The highest BCUT2D eigenvalue weighted by molar-refractivity contribution is 5.77. The van der Waals surface area contributed by atoms with Crippen LogP contribution < -0.4 is 4.74 Å². The van der Waals surface area contributed by atoms with E-state index in [1.807, 2.05) is 0 Å². The van der Waals surface area contributed by atoms with Gasteiger partial charge in [0.05, 0.1) is 12.5 Å². The minimum Gasteiger partial charge on any atom is -0.490 e. The van der Waals surface area contributed by atoms with Crippen molar-refractivity contribution in [2.24, 2.45) is 0 Å². The SMILES string of the molecule is O=C(O)[C@H]1CCOc2c(F)cccc21. The van der Waals surface area contributed by atoms with Crippen LogP contribution in [0, 0.1) is 5.82 Å². The van der Waals surface area contributed by atoms with E-state index < -0.39 is 17.7 Å². The summed E-state index contributed by atoms with van der Waals surface area (Å²) >= 11 is 0. The van der Waals surface area contributed by atoms with Gasteiger partial charge in [-0.2, -0.15) is 0 Å². The van der Waals surface area contributed by atoms with Gasteiger partial charge in [0.15, 0.2) is 11.6 Å². The van der Waals surface area contributed by atoms with Crippen LogP contribution in [0.1, 0.15) is 17.9 Å². The Hall–Kier alpha value is -1.58. The Bertz CT molecular complexity index is 376. The van der Waals surface area contributed by atoms with Crippen LogP contribution >= 0.6 is 0 Å². The summed E-state index contributed by atoms with van der Waals surface area (Å²) in [6.45, 7) is 0.255. The summed E-state index contributed by atoms with van der Waals surface area (Å²) < 4.78 is 18.3. The summed E-state index contributed by atoms with van der Waals surface area (Å²) in [7, 11) is 0. The van der Waals surface area contributed by atoms with Gasteiger partial charge in [-0.25, -0.2) is 4.39 Å². The van der Waals surface area contributed by atoms with Crippen molar-refractivity contribution >= 4 is 5.97 Å². The number of benzene rings is 1. The highest BCUT2D eigenvalue weighted by atomic mass is 19.1. The Kier molecular flexibility index (Phi) is 2.11. The van der Waals surface area contributed by atoms with Gasteiger partial charge in [0.25, 0.3) is 0 Å². The second-order valence-electron chi connectivity index (χ2n) is 3.19. The number of rotatable bonds is 1. The standard InChI is InChI=1S/C10H9FO3/c11-8-3-1-2-6-7(10(12)13)4-5-14-9(6)8/h1-3,7H,4-5H2,(H,12,13)/t7-/m0/s1. The maximum atomic E-state index is 13.2. The van der Waals surface area contributed by atoms with Crippen molar-refractivity contribution in [3.63, 3.8) is 0 Å². The molecule has 1 aromatic rings. The van der Waals surface area contributed by atoms with E-state index >= 15 is 0 Å². The first-order chi connectivity index (χ1) is 6.70. The molecule has 4 heteroatoms. The zero-order valence-corrected chi connectivity index (χ0v) is 7.37. The fraction of sp³-hybridized carbons (Fsp3) is 0.300. The molecule has 0 spiro atoms. The Morgan fingerprint density at radius 3 is 3.07 bits per heavy atom. The number of hydrogen-bond donors (Lipinski definition) is 1. The van der Waals surface area contributed by atoms with E-state index in [2.05, 4.69) is 0 Å². The third kappa shape index (κ3) is 1.32. The molecule has 14 heavy (non-hydrogen) atoms. The van der Waals surface area contributed by atoms with Crippen molar-refractivity contribution in [1.29, 1.82) is 0 Å². The van der Waals surface area contributed by atoms with Crippen molar-refractivity contribution in [1.82, 2.24) is 0 Å². The summed E-state index contributed by atoms with van der Waals surface area (Å²) in [6, 6.07) is 4.36. The molecule has 1 N–H and O–H groups in total. The molecular formula is C10H9FO3. The van der Waals surface area contributed by atoms with Crippen LogP contribution in [0.25, 0.3) is 0 Å². The molecule has 0 aromatic heterocycles. The summed E-state index contributed by atoms with van der Waals surface area (Å²) in [4.78, 5) is 10.9. The van der Waals surface area contributed by atoms with Crippen LogP contribution in [0.4, 0.5) is 4.39 Å². The minimum absolute atomic E-state index is 0.0890. The molecule has 1 atom stereocenters. The summed E-state index contributed by atoms with van der Waals surface area (Å²) in [5.74, 6) is -1.98. The molecular weight excluding hydrogens is 187 g/mol. The van der Waals surface area contributed by atoms with E-state index in [1.165, 1.54) is 12.1 Å². The van der Waals surface area contributed by atoms with Crippen LogP contribution in [0.2, 0.25) is 0 Å². The minimum atomic E-state index is -0.930. The molecule has 0 radical (unpaired) electrons. The molecule has 1 aliphatic rings. The fourth-order valence-corrected chi connectivity index (χ4v) is 1.64. The Balaban J connectivity index is 2.49. The lowest BCUT2D eigenvalue weighted by Gasteiger charge is -2.22. The van der Waals surface area contributed by atoms with E-state index in [-0.39, 0.29) is 12.4 Å². The molecule has 3 nitrogen and oxygen atoms in total. The van der Waals surface area contributed by atoms with Gasteiger partial charge < -0.3 is 9.84 Å². The Morgan fingerprint density at radius 2 is 2.36 bits per heavy atom. The number of carboxylic acid groups (broad SMARTS) is 1. The maximum absolute atomic E-state index is 13.2. The van der Waals surface area contributed by atoms with Gasteiger partial charge in [-0.3, -0.25) is 4.79 Å². The second-order valence-corrected chi connectivity index (χ2v) is 3.19. The summed E-state index contributed by atoms with van der Waals surface area (Å²) in [5, 5.41) is 8.90. The van der Waals surface area contributed by atoms with Gasteiger partial charge in [0.1, 0.15) is 0 Å². The van der Waals surface area contributed by atoms with Crippen LogP contribution in [0.15, 0.2) is 18.2 Å². The van der Waals surface area contributed by atoms with Crippen molar-refractivity contribution < 1.29 is 19.0 Å². The quantitative estimate of drug-likeness (QED) is 0.744. The van der Waals surface area contributed by atoms with Crippen molar-refractivity contribution in [2.45, 2.75) is 12.3 Å². The van der Waals surface area contributed by atoms with Gasteiger partial charge in [0, 0.05) is 5.56 Å².